The minimum atomic E-state index is -0.150. The normalized spacial score (nSPS) is 10.9. The standard InChI is InChI=1S/C24H24N4O2/c1-17-13-18(2)15-20(14-17)30-12-11-28-22-6-4-3-5-21(22)27-23(28)16-26-24(29)19-7-9-25-10-8-19/h3-10,13-15H,11-12,16H2,1-2H3,(H,26,29). The molecule has 1 N–H and O–H groups in total. The van der Waals surface area contributed by atoms with Gasteiger partial charge in [-0.15, -0.1) is 0 Å². The summed E-state index contributed by atoms with van der Waals surface area (Å²) >= 11 is 0. The Labute approximate surface area is 175 Å². The molecule has 0 saturated heterocycles. The van der Waals surface area contributed by atoms with Crippen LogP contribution in [0.2, 0.25) is 0 Å². The molecular formula is C24H24N4O2. The molecule has 6 heteroatoms. The third-order valence-electron chi connectivity index (χ3n) is 4.86. The monoisotopic (exact) mass is 400 g/mol. The van der Waals surface area contributed by atoms with Crippen LogP contribution in [0.25, 0.3) is 11.0 Å². The maximum atomic E-state index is 12.4. The molecule has 2 aromatic carbocycles. The van der Waals surface area contributed by atoms with Crippen molar-refractivity contribution >= 4 is 16.9 Å². The summed E-state index contributed by atoms with van der Waals surface area (Å²) in [4.78, 5) is 21.1. The summed E-state index contributed by atoms with van der Waals surface area (Å²) in [6.07, 6.45) is 3.21. The van der Waals surface area contributed by atoms with Gasteiger partial charge in [0.05, 0.1) is 24.1 Å². The van der Waals surface area contributed by atoms with E-state index in [2.05, 4.69) is 34.8 Å². The van der Waals surface area contributed by atoms with Crippen molar-refractivity contribution in [2.45, 2.75) is 26.9 Å². The topological polar surface area (TPSA) is 69.0 Å². The van der Waals surface area contributed by atoms with Gasteiger partial charge in [-0.1, -0.05) is 18.2 Å². The van der Waals surface area contributed by atoms with Gasteiger partial charge >= 0.3 is 0 Å². The second-order valence-electron chi connectivity index (χ2n) is 7.26. The molecule has 0 aliphatic heterocycles. The number of carbonyl (C=O) groups is 1. The number of nitrogens with zero attached hydrogens (tertiary/aromatic N) is 3. The first kappa shape index (κ1) is 19.6. The fraction of sp³-hybridized carbons (Fsp3) is 0.208. The second-order valence-corrected chi connectivity index (χ2v) is 7.26. The van der Waals surface area contributed by atoms with Crippen LogP contribution in [0.1, 0.15) is 27.3 Å². The second kappa shape index (κ2) is 8.78. The zero-order chi connectivity index (χ0) is 20.9. The van der Waals surface area contributed by atoms with E-state index in [0.29, 0.717) is 25.3 Å². The molecule has 2 aromatic heterocycles. The molecule has 0 bridgehead atoms. The van der Waals surface area contributed by atoms with Crippen molar-refractivity contribution in [3.05, 3.63) is 89.5 Å². The molecule has 0 aliphatic rings. The molecule has 152 valence electrons. The molecule has 4 rings (SSSR count). The van der Waals surface area contributed by atoms with E-state index in [1.54, 1.807) is 24.5 Å². The number of hydrogen-bond acceptors (Lipinski definition) is 4. The summed E-state index contributed by atoms with van der Waals surface area (Å²) in [5.74, 6) is 1.51. The Bertz CT molecular complexity index is 1150. The van der Waals surface area contributed by atoms with Crippen LogP contribution in [0.3, 0.4) is 0 Å². The molecule has 4 aromatic rings. The zero-order valence-electron chi connectivity index (χ0n) is 17.1. The quantitative estimate of drug-likeness (QED) is 0.508. The SMILES string of the molecule is Cc1cc(C)cc(OCCn2c(CNC(=O)c3ccncc3)nc3ccccc32)c1. The van der Waals surface area contributed by atoms with Crippen molar-refractivity contribution < 1.29 is 9.53 Å². The van der Waals surface area contributed by atoms with Crippen LogP contribution in [0.4, 0.5) is 0 Å². The van der Waals surface area contributed by atoms with Crippen molar-refractivity contribution in [1.29, 1.82) is 0 Å². The highest BCUT2D eigenvalue weighted by molar-refractivity contribution is 5.93. The van der Waals surface area contributed by atoms with Crippen molar-refractivity contribution in [2.24, 2.45) is 0 Å². The highest BCUT2D eigenvalue weighted by atomic mass is 16.5. The number of pyridine rings is 1. The molecule has 1 amide bonds. The van der Waals surface area contributed by atoms with Crippen molar-refractivity contribution in [3.63, 3.8) is 0 Å². The summed E-state index contributed by atoms with van der Waals surface area (Å²) < 4.78 is 8.10. The van der Waals surface area contributed by atoms with Crippen LogP contribution >= 0.6 is 0 Å². The van der Waals surface area contributed by atoms with E-state index in [9.17, 15) is 4.79 Å². The predicted molar refractivity (Wildman–Crippen MR) is 117 cm³/mol. The fourth-order valence-corrected chi connectivity index (χ4v) is 3.55. The lowest BCUT2D eigenvalue weighted by Gasteiger charge is -2.12. The lowest BCUT2D eigenvalue weighted by Crippen LogP contribution is -2.25. The summed E-state index contributed by atoms with van der Waals surface area (Å²) in [6.45, 7) is 5.60. The number of para-hydroxylation sites is 2. The largest absolute Gasteiger partial charge is 0.492 e. The first-order chi connectivity index (χ1) is 14.6. The number of fused-ring (bicyclic) bond motifs is 1. The number of hydrogen-bond donors (Lipinski definition) is 1. The van der Waals surface area contributed by atoms with Gasteiger partial charge < -0.3 is 14.6 Å². The third-order valence-corrected chi connectivity index (χ3v) is 4.86. The molecule has 0 atom stereocenters. The Morgan fingerprint density at radius 3 is 2.53 bits per heavy atom. The minimum Gasteiger partial charge on any atom is -0.492 e. The molecule has 30 heavy (non-hydrogen) atoms. The van der Waals surface area contributed by atoms with Gasteiger partial charge in [0.25, 0.3) is 5.91 Å². The van der Waals surface area contributed by atoms with Crippen LogP contribution in [0, 0.1) is 13.8 Å². The van der Waals surface area contributed by atoms with Gasteiger partial charge in [-0.3, -0.25) is 9.78 Å². The molecule has 0 fully saturated rings. The van der Waals surface area contributed by atoms with E-state index < -0.39 is 0 Å². The van der Waals surface area contributed by atoms with Crippen LogP contribution in [-0.4, -0.2) is 27.0 Å². The van der Waals surface area contributed by atoms with E-state index >= 15 is 0 Å². The highest BCUT2D eigenvalue weighted by Crippen LogP contribution is 2.18. The molecule has 0 unspecified atom stereocenters. The predicted octanol–water partition coefficient (Wildman–Crippen LogP) is 4.06. The number of aryl methyl sites for hydroxylation is 2. The Morgan fingerprint density at radius 2 is 1.77 bits per heavy atom. The summed E-state index contributed by atoms with van der Waals surface area (Å²) in [5, 5.41) is 2.95. The Kier molecular flexibility index (Phi) is 5.75. The number of amides is 1. The number of nitrogens with one attached hydrogen (secondary N) is 1. The average molecular weight is 400 g/mol. The Balaban J connectivity index is 1.49. The van der Waals surface area contributed by atoms with Crippen LogP contribution in [0.15, 0.2) is 67.0 Å². The average Bonchev–Trinajstić information content (AvgIpc) is 3.09. The van der Waals surface area contributed by atoms with Crippen molar-refractivity contribution in [3.8, 4) is 5.75 Å². The maximum Gasteiger partial charge on any atom is 0.251 e. The number of aromatic nitrogens is 3. The van der Waals surface area contributed by atoms with Gasteiger partial charge in [-0.2, -0.15) is 0 Å². The van der Waals surface area contributed by atoms with Gasteiger partial charge in [0.2, 0.25) is 0 Å². The molecule has 6 nitrogen and oxygen atoms in total. The van der Waals surface area contributed by atoms with Crippen LogP contribution < -0.4 is 10.1 Å². The zero-order valence-corrected chi connectivity index (χ0v) is 17.1. The van der Waals surface area contributed by atoms with Gasteiger partial charge in [-0.25, -0.2) is 4.98 Å². The molecular weight excluding hydrogens is 376 g/mol. The number of carbonyl (C=O) groups excluding carboxylic acids is 1. The lowest BCUT2D eigenvalue weighted by molar-refractivity contribution is 0.0949. The first-order valence-electron chi connectivity index (χ1n) is 9.93. The van der Waals surface area contributed by atoms with Crippen molar-refractivity contribution in [2.75, 3.05) is 6.61 Å². The minimum absolute atomic E-state index is 0.150. The van der Waals surface area contributed by atoms with Gasteiger partial charge in [0.1, 0.15) is 18.2 Å². The number of ether oxygens (including phenoxy) is 1. The van der Waals surface area contributed by atoms with E-state index in [4.69, 9.17) is 9.72 Å². The third kappa shape index (κ3) is 4.49. The molecule has 2 heterocycles. The Hall–Kier alpha value is -3.67. The molecule has 0 saturated carbocycles. The highest BCUT2D eigenvalue weighted by Gasteiger charge is 2.12. The number of imidazole rings is 1. The molecule has 0 spiro atoms. The number of benzene rings is 2. The maximum absolute atomic E-state index is 12.4. The van der Waals surface area contributed by atoms with Gasteiger partial charge in [0.15, 0.2) is 0 Å². The van der Waals surface area contributed by atoms with Gasteiger partial charge in [-0.05, 0) is 61.4 Å². The summed E-state index contributed by atoms with van der Waals surface area (Å²) in [6, 6.07) is 17.5. The Morgan fingerprint density at radius 1 is 1.03 bits per heavy atom. The van der Waals surface area contributed by atoms with Crippen LogP contribution in [0.5, 0.6) is 5.75 Å². The smallest absolute Gasteiger partial charge is 0.251 e. The first-order valence-corrected chi connectivity index (χ1v) is 9.93. The lowest BCUT2D eigenvalue weighted by atomic mass is 10.1. The van der Waals surface area contributed by atoms with E-state index in [-0.39, 0.29) is 5.91 Å². The molecule has 0 aliphatic carbocycles. The summed E-state index contributed by atoms with van der Waals surface area (Å²) in [5.41, 5.74) is 4.85. The van der Waals surface area contributed by atoms with E-state index in [1.807, 2.05) is 36.4 Å². The number of rotatable bonds is 7. The summed E-state index contributed by atoms with van der Waals surface area (Å²) in [7, 11) is 0. The van der Waals surface area contributed by atoms with E-state index in [0.717, 1.165) is 22.6 Å². The van der Waals surface area contributed by atoms with Crippen LogP contribution in [-0.2, 0) is 13.1 Å². The molecule has 0 radical (unpaired) electrons. The van der Waals surface area contributed by atoms with E-state index in [1.165, 1.54) is 11.1 Å². The fourth-order valence-electron chi connectivity index (χ4n) is 3.55. The van der Waals surface area contributed by atoms with Gasteiger partial charge in [0, 0.05) is 18.0 Å². The van der Waals surface area contributed by atoms with Crippen molar-refractivity contribution in [1.82, 2.24) is 19.9 Å².